The first-order valence-corrected chi connectivity index (χ1v) is 9.84. The maximum atomic E-state index is 13.4. The fourth-order valence-corrected chi connectivity index (χ4v) is 3.46. The molecule has 1 heterocycles. The quantitative estimate of drug-likeness (QED) is 0.729. The Labute approximate surface area is 175 Å². The second-order valence-corrected chi connectivity index (χ2v) is 7.64. The molecule has 0 aromatic heterocycles. The van der Waals surface area contributed by atoms with Crippen LogP contribution in [0.5, 0.6) is 5.75 Å². The van der Waals surface area contributed by atoms with Gasteiger partial charge in [0.15, 0.2) is 0 Å². The normalized spacial score (nSPS) is 15.9. The van der Waals surface area contributed by atoms with Crippen molar-refractivity contribution in [1.82, 2.24) is 9.91 Å². The molecular formula is C23H26FN3O3. The summed E-state index contributed by atoms with van der Waals surface area (Å²) in [5, 5.41) is 5.99. The Morgan fingerprint density at radius 1 is 1.23 bits per heavy atom. The van der Waals surface area contributed by atoms with E-state index in [0.29, 0.717) is 12.2 Å². The van der Waals surface area contributed by atoms with Crippen LogP contribution in [0.15, 0.2) is 53.6 Å². The van der Waals surface area contributed by atoms with Crippen molar-refractivity contribution >= 4 is 17.5 Å². The number of ether oxygens (including phenoxy) is 1. The molecule has 7 heteroatoms. The minimum atomic E-state index is -0.373. The first-order chi connectivity index (χ1) is 14.3. The minimum absolute atomic E-state index is 0.0798. The molecule has 1 unspecified atom stereocenters. The molecule has 2 amide bonds. The molecular weight excluding hydrogens is 385 g/mol. The number of carbonyl (C=O) groups excluding carboxylic acids is 2. The van der Waals surface area contributed by atoms with Crippen molar-refractivity contribution in [2.24, 2.45) is 11.0 Å². The summed E-state index contributed by atoms with van der Waals surface area (Å²) in [4.78, 5) is 26.7. The SMILES string of the molecule is COc1cccc(C2=NN(C(=O)CN(C)C(=O)C(C)C)C(c3ccc(F)cc3)C2)c1. The number of hydrogen-bond acceptors (Lipinski definition) is 4. The molecule has 158 valence electrons. The summed E-state index contributed by atoms with van der Waals surface area (Å²) < 4.78 is 18.7. The molecule has 2 aromatic rings. The Hall–Kier alpha value is -3.22. The molecule has 0 saturated heterocycles. The Kier molecular flexibility index (Phi) is 6.50. The summed E-state index contributed by atoms with van der Waals surface area (Å²) in [5.74, 6) is -0.256. The van der Waals surface area contributed by atoms with E-state index in [1.165, 1.54) is 22.0 Å². The van der Waals surface area contributed by atoms with Gasteiger partial charge in [0.2, 0.25) is 5.91 Å². The lowest BCUT2D eigenvalue weighted by Crippen LogP contribution is -2.40. The monoisotopic (exact) mass is 411 g/mol. The zero-order chi connectivity index (χ0) is 21.8. The summed E-state index contributed by atoms with van der Waals surface area (Å²) >= 11 is 0. The number of likely N-dealkylation sites (N-methyl/N-ethyl adjacent to an activating group) is 1. The van der Waals surface area contributed by atoms with E-state index in [0.717, 1.165) is 16.8 Å². The molecule has 2 aromatic carbocycles. The molecule has 0 saturated carbocycles. The Balaban J connectivity index is 1.91. The highest BCUT2D eigenvalue weighted by Gasteiger charge is 2.34. The maximum absolute atomic E-state index is 13.4. The highest BCUT2D eigenvalue weighted by atomic mass is 19.1. The lowest BCUT2D eigenvalue weighted by atomic mass is 9.98. The van der Waals surface area contributed by atoms with Crippen molar-refractivity contribution in [2.75, 3.05) is 20.7 Å². The van der Waals surface area contributed by atoms with Crippen LogP contribution in [0.3, 0.4) is 0 Å². The van der Waals surface area contributed by atoms with E-state index < -0.39 is 0 Å². The van der Waals surface area contributed by atoms with Crippen LogP contribution in [0, 0.1) is 11.7 Å². The summed E-state index contributed by atoms with van der Waals surface area (Å²) in [5.41, 5.74) is 2.36. The van der Waals surface area contributed by atoms with Crippen molar-refractivity contribution in [3.8, 4) is 5.75 Å². The molecule has 3 rings (SSSR count). The van der Waals surface area contributed by atoms with E-state index in [4.69, 9.17) is 4.74 Å². The Morgan fingerprint density at radius 2 is 1.93 bits per heavy atom. The highest BCUT2D eigenvalue weighted by Crippen LogP contribution is 2.33. The van der Waals surface area contributed by atoms with Crippen molar-refractivity contribution in [3.63, 3.8) is 0 Å². The van der Waals surface area contributed by atoms with Crippen LogP contribution in [-0.2, 0) is 9.59 Å². The van der Waals surface area contributed by atoms with Gasteiger partial charge in [-0.05, 0) is 29.8 Å². The number of hydrazone groups is 1. The first kappa shape index (κ1) is 21.5. The zero-order valence-corrected chi connectivity index (χ0v) is 17.6. The summed E-state index contributed by atoms with van der Waals surface area (Å²) in [6.45, 7) is 3.50. The van der Waals surface area contributed by atoms with E-state index in [9.17, 15) is 14.0 Å². The van der Waals surface area contributed by atoms with Crippen LogP contribution in [0.2, 0.25) is 0 Å². The number of rotatable bonds is 6. The molecule has 0 aliphatic carbocycles. The van der Waals surface area contributed by atoms with Crippen molar-refractivity contribution in [1.29, 1.82) is 0 Å². The van der Waals surface area contributed by atoms with Crippen LogP contribution >= 0.6 is 0 Å². The lowest BCUT2D eigenvalue weighted by Gasteiger charge is -2.25. The van der Waals surface area contributed by atoms with Gasteiger partial charge in [-0.3, -0.25) is 9.59 Å². The largest absolute Gasteiger partial charge is 0.497 e. The predicted molar refractivity (Wildman–Crippen MR) is 113 cm³/mol. The Bertz CT molecular complexity index is 956. The van der Waals surface area contributed by atoms with E-state index in [2.05, 4.69) is 5.10 Å². The fraction of sp³-hybridized carbons (Fsp3) is 0.348. The van der Waals surface area contributed by atoms with Crippen LogP contribution in [-0.4, -0.2) is 48.1 Å². The number of amides is 2. The number of hydrogen-bond donors (Lipinski definition) is 0. The topological polar surface area (TPSA) is 62.2 Å². The third kappa shape index (κ3) is 4.67. The van der Waals surface area contributed by atoms with E-state index in [1.807, 2.05) is 24.3 Å². The predicted octanol–water partition coefficient (Wildman–Crippen LogP) is 3.63. The molecule has 0 spiro atoms. The minimum Gasteiger partial charge on any atom is -0.497 e. The molecule has 30 heavy (non-hydrogen) atoms. The van der Waals surface area contributed by atoms with E-state index >= 15 is 0 Å². The fourth-order valence-electron chi connectivity index (χ4n) is 3.46. The summed E-state index contributed by atoms with van der Waals surface area (Å²) in [7, 11) is 3.20. The molecule has 1 aliphatic heterocycles. The smallest absolute Gasteiger partial charge is 0.262 e. The number of methoxy groups -OCH3 is 1. The van der Waals surface area contributed by atoms with E-state index in [1.54, 1.807) is 40.1 Å². The third-order valence-electron chi connectivity index (χ3n) is 5.07. The van der Waals surface area contributed by atoms with Gasteiger partial charge in [0.25, 0.3) is 5.91 Å². The van der Waals surface area contributed by atoms with Gasteiger partial charge in [-0.2, -0.15) is 5.10 Å². The number of halogens is 1. The number of carbonyl (C=O) groups is 2. The Morgan fingerprint density at radius 3 is 2.57 bits per heavy atom. The van der Waals surface area contributed by atoms with Gasteiger partial charge < -0.3 is 9.64 Å². The zero-order valence-electron chi connectivity index (χ0n) is 17.6. The first-order valence-electron chi connectivity index (χ1n) is 9.84. The van der Waals surface area contributed by atoms with Crippen molar-refractivity contribution in [2.45, 2.75) is 26.3 Å². The van der Waals surface area contributed by atoms with E-state index in [-0.39, 0.29) is 36.1 Å². The molecule has 1 aliphatic rings. The van der Waals surface area contributed by atoms with Crippen LogP contribution in [0.4, 0.5) is 4.39 Å². The molecule has 0 radical (unpaired) electrons. The maximum Gasteiger partial charge on any atom is 0.262 e. The average molecular weight is 411 g/mol. The van der Waals surface area contributed by atoms with Crippen LogP contribution in [0.25, 0.3) is 0 Å². The second kappa shape index (κ2) is 9.07. The van der Waals surface area contributed by atoms with Gasteiger partial charge in [0.1, 0.15) is 18.1 Å². The van der Waals surface area contributed by atoms with Crippen molar-refractivity contribution in [3.05, 3.63) is 65.5 Å². The van der Waals surface area contributed by atoms with Gasteiger partial charge in [-0.15, -0.1) is 0 Å². The molecule has 0 fully saturated rings. The molecule has 0 N–H and O–H groups in total. The van der Waals surface area contributed by atoms with Crippen molar-refractivity contribution < 1.29 is 18.7 Å². The second-order valence-electron chi connectivity index (χ2n) is 7.64. The summed E-state index contributed by atoms with van der Waals surface area (Å²) in [6, 6.07) is 13.2. The van der Waals surface area contributed by atoms with Gasteiger partial charge in [-0.25, -0.2) is 9.40 Å². The molecule has 6 nitrogen and oxygen atoms in total. The van der Waals surface area contributed by atoms with Crippen LogP contribution < -0.4 is 4.74 Å². The third-order valence-corrected chi connectivity index (χ3v) is 5.07. The van der Waals surface area contributed by atoms with Crippen LogP contribution in [0.1, 0.15) is 37.4 Å². The standard InChI is InChI=1S/C23H26FN3O3/c1-15(2)23(29)26(3)14-22(28)27-21(16-8-10-18(24)11-9-16)13-20(25-27)17-6-5-7-19(12-17)30-4/h5-12,15,21H,13-14H2,1-4H3. The average Bonchev–Trinajstić information content (AvgIpc) is 3.19. The highest BCUT2D eigenvalue weighted by molar-refractivity contribution is 6.03. The molecule has 0 bridgehead atoms. The lowest BCUT2D eigenvalue weighted by molar-refractivity contribution is -0.142. The van der Waals surface area contributed by atoms with Gasteiger partial charge >= 0.3 is 0 Å². The van der Waals surface area contributed by atoms with Gasteiger partial charge in [-0.1, -0.05) is 38.1 Å². The number of nitrogens with zero attached hydrogens (tertiary/aromatic N) is 3. The molecule has 1 atom stereocenters. The van der Waals surface area contributed by atoms with Gasteiger partial charge in [0, 0.05) is 24.9 Å². The van der Waals surface area contributed by atoms with Gasteiger partial charge in [0.05, 0.1) is 18.9 Å². The number of benzene rings is 2. The summed E-state index contributed by atoms with van der Waals surface area (Å²) in [6.07, 6.45) is 0.479.